The molecule has 0 amide bonds. The number of hydrogen-bond acceptors (Lipinski definition) is 5. The zero-order chi connectivity index (χ0) is 14.8. The van der Waals surface area contributed by atoms with Gasteiger partial charge < -0.3 is 10.4 Å². The number of aliphatic hydroxyl groups is 1. The highest BCUT2D eigenvalue weighted by Crippen LogP contribution is 2.20. The van der Waals surface area contributed by atoms with Crippen molar-refractivity contribution in [1.82, 2.24) is 4.72 Å². The average Bonchev–Trinajstić information content (AvgIpc) is 2.43. The lowest BCUT2D eigenvalue weighted by Crippen LogP contribution is -2.24. The fraction of sp³-hybridized carbons (Fsp3) is 0.538. The maximum Gasteiger partial charge on any atom is 0.242 e. The molecule has 5 nitrogen and oxygen atoms in total. The first-order valence-electron chi connectivity index (χ1n) is 6.63. The van der Waals surface area contributed by atoms with Gasteiger partial charge in [0.1, 0.15) is 4.90 Å². The van der Waals surface area contributed by atoms with Gasteiger partial charge in [0, 0.05) is 25.4 Å². The summed E-state index contributed by atoms with van der Waals surface area (Å²) in [5.74, 6) is 1.78. The number of benzene rings is 1. The predicted octanol–water partition coefficient (Wildman–Crippen LogP) is 1.51. The van der Waals surface area contributed by atoms with Crippen LogP contribution in [0.4, 0.5) is 5.69 Å². The molecule has 1 rings (SSSR count). The molecule has 0 aromatic heterocycles. The molecule has 0 bridgehead atoms. The summed E-state index contributed by atoms with van der Waals surface area (Å²) < 4.78 is 26.6. The number of sulfonamides is 1. The summed E-state index contributed by atoms with van der Waals surface area (Å²) in [4.78, 5) is 0.280. The van der Waals surface area contributed by atoms with E-state index in [0.717, 1.165) is 17.9 Å². The number of nitrogens with one attached hydrogen (secondary N) is 2. The van der Waals surface area contributed by atoms with Gasteiger partial charge in [-0.25, -0.2) is 13.1 Å². The number of aliphatic hydroxyl groups excluding tert-OH is 1. The Morgan fingerprint density at radius 3 is 2.70 bits per heavy atom. The van der Waals surface area contributed by atoms with Crippen molar-refractivity contribution in [1.29, 1.82) is 0 Å². The van der Waals surface area contributed by atoms with Gasteiger partial charge in [-0.3, -0.25) is 0 Å². The Labute approximate surface area is 125 Å². The van der Waals surface area contributed by atoms with Crippen LogP contribution in [0.5, 0.6) is 0 Å². The largest absolute Gasteiger partial charge is 0.396 e. The van der Waals surface area contributed by atoms with Crippen LogP contribution in [0.25, 0.3) is 0 Å². The van der Waals surface area contributed by atoms with Gasteiger partial charge in [0.2, 0.25) is 10.0 Å². The maximum absolute atomic E-state index is 12.0. The Balaban J connectivity index is 2.58. The van der Waals surface area contributed by atoms with Crippen molar-refractivity contribution in [2.24, 2.45) is 0 Å². The molecule has 0 spiro atoms. The van der Waals surface area contributed by atoms with Crippen LogP contribution in [-0.2, 0) is 10.0 Å². The van der Waals surface area contributed by atoms with Crippen molar-refractivity contribution in [3.8, 4) is 0 Å². The molecule has 0 saturated heterocycles. The minimum atomic E-state index is -3.44. The quantitative estimate of drug-likeness (QED) is 0.570. The molecule has 0 heterocycles. The van der Waals surface area contributed by atoms with Gasteiger partial charge in [0.15, 0.2) is 0 Å². The molecule has 1 aromatic carbocycles. The molecule has 0 unspecified atom stereocenters. The summed E-state index contributed by atoms with van der Waals surface area (Å²) in [7, 11) is -3.44. The average molecular weight is 318 g/mol. The van der Waals surface area contributed by atoms with Gasteiger partial charge in [-0.2, -0.15) is 11.8 Å². The van der Waals surface area contributed by atoms with E-state index in [4.69, 9.17) is 5.11 Å². The molecule has 0 fully saturated rings. The summed E-state index contributed by atoms with van der Waals surface area (Å²) in [5, 5.41) is 11.8. The number of thioether (sulfide) groups is 1. The third-order valence-electron chi connectivity index (χ3n) is 2.52. The molecule has 0 saturated carbocycles. The number of para-hydroxylation sites is 1. The van der Waals surface area contributed by atoms with E-state index in [-0.39, 0.29) is 11.5 Å². The van der Waals surface area contributed by atoms with Crippen molar-refractivity contribution in [3.05, 3.63) is 24.3 Å². The molecule has 3 N–H and O–H groups in total. The highest BCUT2D eigenvalue weighted by atomic mass is 32.2. The lowest BCUT2D eigenvalue weighted by atomic mass is 10.3. The maximum atomic E-state index is 12.0. The first-order valence-corrected chi connectivity index (χ1v) is 9.26. The van der Waals surface area contributed by atoms with E-state index in [1.54, 1.807) is 36.9 Å². The molecule has 114 valence electrons. The molecule has 0 radical (unpaired) electrons. The third-order valence-corrected chi connectivity index (χ3v) is 5.19. The zero-order valence-electron chi connectivity index (χ0n) is 11.6. The van der Waals surface area contributed by atoms with Crippen molar-refractivity contribution in [2.75, 3.05) is 36.5 Å². The highest BCUT2D eigenvalue weighted by Gasteiger charge is 2.16. The highest BCUT2D eigenvalue weighted by molar-refractivity contribution is 7.99. The van der Waals surface area contributed by atoms with Crippen LogP contribution < -0.4 is 10.0 Å². The molecular weight excluding hydrogens is 296 g/mol. The van der Waals surface area contributed by atoms with Gasteiger partial charge >= 0.3 is 0 Å². The number of rotatable bonds is 10. The van der Waals surface area contributed by atoms with E-state index >= 15 is 0 Å². The third kappa shape index (κ3) is 5.70. The van der Waals surface area contributed by atoms with E-state index < -0.39 is 10.0 Å². The molecular formula is C13H22N2O3S2. The number of hydrogen-bond donors (Lipinski definition) is 3. The van der Waals surface area contributed by atoms with Gasteiger partial charge in [-0.1, -0.05) is 19.1 Å². The first-order chi connectivity index (χ1) is 9.61. The van der Waals surface area contributed by atoms with Crippen molar-refractivity contribution in [2.45, 2.75) is 18.2 Å². The summed E-state index contributed by atoms with van der Waals surface area (Å²) >= 11 is 1.73. The van der Waals surface area contributed by atoms with E-state index in [0.29, 0.717) is 18.8 Å². The van der Waals surface area contributed by atoms with Crippen molar-refractivity contribution in [3.63, 3.8) is 0 Å². The van der Waals surface area contributed by atoms with Crippen LogP contribution in [-0.4, -0.2) is 44.7 Å². The van der Waals surface area contributed by atoms with Crippen molar-refractivity contribution < 1.29 is 13.5 Å². The Bertz CT molecular complexity index is 492. The normalized spacial score (nSPS) is 11.5. The topological polar surface area (TPSA) is 78.4 Å². The van der Waals surface area contributed by atoms with Crippen LogP contribution in [0.15, 0.2) is 29.2 Å². The van der Waals surface area contributed by atoms with E-state index in [9.17, 15) is 8.42 Å². The molecule has 7 heteroatoms. The Morgan fingerprint density at radius 2 is 2.00 bits per heavy atom. The summed E-state index contributed by atoms with van der Waals surface area (Å²) in [6.45, 7) is 3.03. The smallest absolute Gasteiger partial charge is 0.242 e. The Kier molecular flexibility index (Phi) is 7.98. The minimum absolute atomic E-state index is 0.212. The minimum Gasteiger partial charge on any atom is -0.396 e. The monoisotopic (exact) mass is 318 g/mol. The standard InChI is InChI=1S/C13H22N2O3S2/c1-2-15-20(17,18)13-7-4-3-6-12(13)14-8-11-19-10-5-9-16/h3-4,6-7,14-16H,2,5,8-11H2,1H3. The van der Waals surface area contributed by atoms with E-state index in [1.807, 2.05) is 6.07 Å². The zero-order valence-corrected chi connectivity index (χ0v) is 13.3. The fourth-order valence-electron chi connectivity index (χ4n) is 1.64. The second-order valence-corrected chi connectivity index (χ2v) is 7.07. The second-order valence-electron chi connectivity index (χ2n) is 4.11. The molecule has 0 aliphatic carbocycles. The van der Waals surface area contributed by atoms with Crippen LogP contribution in [0.1, 0.15) is 13.3 Å². The lowest BCUT2D eigenvalue weighted by molar-refractivity contribution is 0.296. The van der Waals surface area contributed by atoms with E-state index in [2.05, 4.69) is 10.0 Å². The Hall–Kier alpha value is -0.760. The molecule has 1 aromatic rings. The predicted molar refractivity (Wildman–Crippen MR) is 84.8 cm³/mol. The SMILES string of the molecule is CCNS(=O)(=O)c1ccccc1NCCSCCCO. The molecule has 0 aliphatic rings. The van der Waals surface area contributed by atoms with Crippen LogP contribution in [0.2, 0.25) is 0 Å². The number of anilines is 1. The molecule has 0 aliphatic heterocycles. The summed E-state index contributed by atoms with van der Waals surface area (Å²) in [5.41, 5.74) is 0.621. The van der Waals surface area contributed by atoms with Gasteiger partial charge in [0.25, 0.3) is 0 Å². The van der Waals surface area contributed by atoms with Crippen LogP contribution >= 0.6 is 11.8 Å². The summed E-state index contributed by atoms with van der Waals surface area (Å²) in [6.07, 6.45) is 0.788. The second kappa shape index (κ2) is 9.23. The lowest BCUT2D eigenvalue weighted by Gasteiger charge is -2.12. The van der Waals surface area contributed by atoms with Crippen molar-refractivity contribution >= 4 is 27.5 Å². The van der Waals surface area contributed by atoms with Crippen LogP contribution in [0, 0.1) is 0 Å². The Morgan fingerprint density at radius 1 is 1.25 bits per heavy atom. The fourth-order valence-corrected chi connectivity index (χ4v) is 3.65. The molecule has 20 heavy (non-hydrogen) atoms. The molecule has 0 atom stereocenters. The van der Waals surface area contributed by atoms with Crippen LogP contribution in [0.3, 0.4) is 0 Å². The van der Waals surface area contributed by atoms with Gasteiger partial charge in [-0.05, 0) is 24.3 Å². The first kappa shape index (κ1) is 17.3. The van der Waals surface area contributed by atoms with Gasteiger partial charge in [-0.15, -0.1) is 0 Å². The van der Waals surface area contributed by atoms with Gasteiger partial charge in [0.05, 0.1) is 5.69 Å². The van der Waals surface area contributed by atoms with E-state index in [1.165, 1.54) is 0 Å². The summed E-state index contributed by atoms with van der Waals surface area (Å²) in [6, 6.07) is 6.89.